The highest BCUT2D eigenvalue weighted by atomic mass is 16.4. The summed E-state index contributed by atoms with van der Waals surface area (Å²) < 4.78 is 2.11. The van der Waals surface area contributed by atoms with Crippen molar-refractivity contribution in [2.24, 2.45) is 7.05 Å². The van der Waals surface area contributed by atoms with Crippen LogP contribution in [0.2, 0.25) is 0 Å². The zero-order valence-corrected chi connectivity index (χ0v) is 12.8. The lowest BCUT2D eigenvalue weighted by Gasteiger charge is -2.23. The summed E-state index contributed by atoms with van der Waals surface area (Å²) in [5.74, 6) is 0.634. The van der Waals surface area contributed by atoms with Crippen molar-refractivity contribution in [3.63, 3.8) is 0 Å². The number of rotatable bonds is 4. The average Bonchev–Trinajstić information content (AvgIpc) is 2.65. The first kappa shape index (κ1) is 14.6. The van der Waals surface area contributed by atoms with E-state index < -0.39 is 11.4 Å². The van der Waals surface area contributed by atoms with Gasteiger partial charge in [-0.05, 0) is 17.7 Å². The minimum Gasteiger partial charge on any atom is -0.481 e. The lowest BCUT2D eigenvalue weighted by atomic mass is 9.81. The van der Waals surface area contributed by atoms with E-state index in [9.17, 15) is 4.79 Å². The van der Waals surface area contributed by atoms with Crippen molar-refractivity contribution >= 4 is 17.0 Å². The largest absolute Gasteiger partial charge is 0.481 e. The third-order valence-corrected chi connectivity index (χ3v) is 3.81. The van der Waals surface area contributed by atoms with E-state index in [1.54, 1.807) is 0 Å². The van der Waals surface area contributed by atoms with Gasteiger partial charge in [0.05, 0.1) is 17.5 Å². The summed E-state index contributed by atoms with van der Waals surface area (Å²) >= 11 is 0. The van der Waals surface area contributed by atoms with Crippen LogP contribution < -0.4 is 0 Å². The maximum Gasteiger partial charge on any atom is 0.304 e. The Labute approximate surface area is 119 Å². The van der Waals surface area contributed by atoms with Gasteiger partial charge in [0.2, 0.25) is 0 Å². The Morgan fingerprint density at radius 2 is 2.05 bits per heavy atom. The monoisotopic (exact) mass is 274 g/mol. The molecule has 0 unspecified atom stereocenters. The van der Waals surface area contributed by atoms with Crippen LogP contribution in [0, 0.1) is 0 Å². The van der Waals surface area contributed by atoms with E-state index in [1.807, 2.05) is 39.1 Å². The van der Waals surface area contributed by atoms with Gasteiger partial charge in [-0.3, -0.25) is 4.79 Å². The van der Waals surface area contributed by atoms with Gasteiger partial charge in [0.25, 0.3) is 0 Å². The molecule has 0 aliphatic heterocycles. The number of hydrogen-bond acceptors (Lipinski definition) is 2. The molecule has 0 fully saturated rings. The standard InChI is InChI=1S/C16H22N2O2/c1-10(2)15-17-12-8-11(6-7-13(12)18(15)5)16(3,4)9-14(19)20/h6-8,10H,9H2,1-5H3,(H,19,20). The minimum absolute atomic E-state index is 0.113. The average molecular weight is 274 g/mol. The van der Waals surface area contributed by atoms with Crippen molar-refractivity contribution in [1.29, 1.82) is 0 Å². The van der Waals surface area contributed by atoms with Crippen LogP contribution in [0.5, 0.6) is 0 Å². The molecule has 4 nitrogen and oxygen atoms in total. The van der Waals surface area contributed by atoms with Crippen LogP contribution in [0.3, 0.4) is 0 Å². The summed E-state index contributed by atoms with van der Waals surface area (Å²) in [6.07, 6.45) is 0.113. The summed E-state index contributed by atoms with van der Waals surface area (Å²) in [6, 6.07) is 6.06. The fourth-order valence-electron chi connectivity index (χ4n) is 2.64. The van der Waals surface area contributed by atoms with Gasteiger partial charge in [-0.2, -0.15) is 0 Å². The Balaban J connectivity index is 2.51. The van der Waals surface area contributed by atoms with E-state index in [0.29, 0.717) is 5.92 Å². The van der Waals surface area contributed by atoms with Gasteiger partial charge in [0.1, 0.15) is 5.82 Å². The van der Waals surface area contributed by atoms with Gasteiger partial charge >= 0.3 is 5.97 Å². The number of aliphatic carboxylic acids is 1. The number of nitrogens with zero attached hydrogens (tertiary/aromatic N) is 2. The molecule has 2 rings (SSSR count). The number of carboxylic acids is 1. The highest BCUT2D eigenvalue weighted by Gasteiger charge is 2.25. The number of aryl methyl sites for hydroxylation is 1. The van der Waals surface area contributed by atoms with Crippen molar-refractivity contribution in [2.45, 2.75) is 45.4 Å². The van der Waals surface area contributed by atoms with Crippen LogP contribution in [0.1, 0.15) is 51.4 Å². The molecule has 0 atom stereocenters. The number of aromatic nitrogens is 2. The summed E-state index contributed by atoms with van der Waals surface area (Å²) in [5, 5.41) is 9.02. The third-order valence-electron chi connectivity index (χ3n) is 3.81. The Morgan fingerprint density at radius 1 is 1.40 bits per heavy atom. The zero-order valence-electron chi connectivity index (χ0n) is 12.8. The van der Waals surface area contributed by atoms with Crippen LogP contribution in [-0.2, 0) is 17.3 Å². The molecule has 0 saturated carbocycles. The van der Waals surface area contributed by atoms with Crippen molar-refractivity contribution in [1.82, 2.24) is 9.55 Å². The molecule has 1 heterocycles. The van der Waals surface area contributed by atoms with E-state index >= 15 is 0 Å². The first-order valence-corrected chi connectivity index (χ1v) is 6.91. The van der Waals surface area contributed by atoms with Gasteiger partial charge in [0.15, 0.2) is 0 Å². The molecule has 0 radical (unpaired) electrons. The molecule has 20 heavy (non-hydrogen) atoms. The van der Waals surface area contributed by atoms with Crippen LogP contribution in [0.25, 0.3) is 11.0 Å². The van der Waals surface area contributed by atoms with Gasteiger partial charge in [-0.25, -0.2) is 4.98 Å². The molecule has 1 aromatic carbocycles. The number of imidazole rings is 1. The number of carboxylic acid groups (broad SMARTS) is 1. The second-order valence-electron chi connectivity index (χ2n) is 6.34. The zero-order chi connectivity index (χ0) is 15.1. The predicted octanol–water partition coefficient (Wildman–Crippen LogP) is 3.45. The quantitative estimate of drug-likeness (QED) is 0.929. The predicted molar refractivity (Wildman–Crippen MR) is 80.1 cm³/mol. The first-order valence-electron chi connectivity index (χ1n) is 6.91. The maximum absolute atomic E-state index is 11.0. The lowest BCUT2D eigenvalue weighted by Crippen LogP contribution is -2.21. The van der Waals surface area contributed by atoms with Crippen LogP contribution >= 0.6 is 0 Å². The maximum atomic E-state index is 11.0. The molecule has 0 aliphatic rings. The number of carbonyl (C=O) groups is 1. The molecule has 0 amide bonds. The topological polar surface area (TPSA) is 55.1 Å². The van der Waals surface area contributed by atoms with E-state index in [4.69, 9.17) is 5.11 Å². The molecule has 108 valence electrons. The highest BCUT2D eigenvalue weighted by Crippen LogP contribution is 2.30. The first-order chi connectivity index (χ1) is 9.22. The molecular formula is C16H22N2O2. The molecule has 1 N–H and O–H groups in total. The van der Waals surface area contributed by atoms with Crippen molar-refractivity contribution in [2.75, 3.05) is 0 Å². The van der Waals surface area contributed by atoms with Crippen molar-refractivity contribution in [3.8, 4) is 0 Å². The molecule has 0 aliphatic carbocycles. The molecule has 1 aromatic heterocycles. The Kier molecular flexibility index (Phi) is 3.59. The molecule has 0 bridgehead atoms. The van der Waals surface area contributed by atoms with E-state index in [-0.39, 0.29) is 6.42 Å². The molecular weight excluding hydrogens is 252 g/mol. The minimum atomic E-state index is -0.779. The van der Waals surface area contributed by atoms with Crippen LogP contribution in [0.4, 0.5) is 0 Å². The molecule has 2 aromatic rings. The van der Waals surface area contributed by atoms with Gasteiger partial charge in [0, 0.05) is 18.4 Å². The normalized spacial score (nSPS) is 12.3. The Morgan fingerprint density at radius 3 is 2.60 bits per heavy atom. The van der Waals surface area contributed by atoms with Gasteiger partial charge in [-0.15, -0.1) is 0 Å². The summed E-state index contributed by atoms with van der Waals surface area (Å²) in [5.41, 5.74) is 2.65. The number of fused-ring (bicyclic) bond motifs is 1. The van der Waals surface area contributed by atoms with Gasteiger partial charge in [-0.1, -0.05) is 33.8 Å². The SMILES string of the molecule is CC(C)c1nc2cc(C(C)(C)CC(=O)O)ccc2n1C. The van der Waals surface area contributed by atoms with E-state index in [2.05, 4.69) is 23.4 Å². The number of hydrogen-bond donors (Lipinski definition) is 1. The van der Waals surface area contributed by atoms with Gasteiger partial charge < -0.3 is 9.67 Å². The summed E-state index contributed by atoms with van der Waals surface area (Å²) in [7, 11) is 2.02. The van der Waals surface area contributed by atoms with Crippen LogP contribution in [-0.4, -0.2) is 20.6 Å². The number of benzene rings is 1. The smallest absolute Gasteiger partial charge is 0.304 e. The molecule has 0 saturated heterocycles. The second kappa shape index (κ2) is 4.93. The second-order valence-corrected chi connectivity index (χ2v) is 6.34. The lowest BCUT2D eigenvalue weighted by molar-refractivity contribution is -0.138. The summed E-state index contributed by atoms with van der Waals surface area (Å²) in [6.45, 7) is 8.15. The fraction of sp³-hybridized carbons (Fsp3) is 0.500. The molecule has 0 spiro atoms. The third kappa shape index (κ3) is 2.55. The Bertz CT molecular complexity index is 654. The Hall–Kier alpha value is -1.84. The fourth-order valence-corrected chi connectivity index (χ4v) is 2.64. The van der Waals surface area contributed by atoms with E-state index in [0.717, 1.165) is 22.4 Å². The van der Waals surface area contributed by atoms with Crippen LogP contribution in [0.15, 0.2) is 18.2 Å². The summed E-state index contributed by atoms with van der Waals surface area (Å²) in [4.78, 5) is 15.7. The highest BCUT2D eigenvalue weighted by molar-refractivity contribution is 5.78. The van der Waals surface area contributed by atoms with Crippen molar-refractivity contribution in [3.05, 3.63) is 29.6 Å². The van der Waals surface area contributed by atoms with E-state index in [1.165, 1.54) is 0 Å². The molecule has 4 heteroatoms. The van der Waals surface area contributed by atoms with Crippen molar-refractivity contribution < 1.29 is 9.90 Å².